The van der Waals surface area contributed by atoms with Crippen LogP contribution in [0.5, 0.6) is 0 Å². The quantitative estimate of drug-likeness (QED) is 0.534. The molecule has 0 saturated heterocycles. The van der Waals surface area contributed by atoms with E-state index in [1.165, 1.54) is 11.2 Å². The molecule has 0 spiro atoms. The zero-order valence-corrected chi connectivity index (χ0v) is 16.8. The monoisotopic (exact) mass is 417 g/mol. The molecule has 1 atom stereocenters. The zero-order valence-electron chi connectivity index (χ0n) is 16.8. The van der Waals surface area contributed by atoms with Gasteiger partial charge in [0.15, 0.2) is 6.10 Å². The van der Waals surface area contributed by atoms with Gasteiger partial charge in [0, 0.05) is 42.2 Å². The van der Waals surface area contributed by atoms with E-state index in [4.69, 9.17) is 5.73 Å². The summed E-state index contributed by atoms with van der Waals surface area (Å²) in [6.07, 6.45) is 2.21. The molecule has 0 fully saturated rings. The van der Waals surface area contributed by atoms with Crippen LogP contribution < -0.4 is 10.6 Å². The Morgan fingerprint density at radius 3 is 2.71 bits per heavy atom. The summed E-state index contributed by atoms with van der Waals surface area (Å²) < 4.78 is 17.4. The van der Waals surface area contributed by atoms with Crippen LogP contribution >= 0.6 is 0 Å². The molecular weight excluding hydrogens is 397 g/mol. The Bertz CT molecular complexity index is 1320. The van der Waals surface area contributed by atoms with Crippen molar-refractivity contribution >= 4 is 28.4 Å². The molecule has 0 radical (unpaired) electrons. The lowest BCUT2D eigenvalue weighted by Crippen LogP contribution is -2.33. The highest BCUT2D eigenvalue weighted by atomic mass is 19.1. The summed E-state index contributed by atoms with van der Waals surface area (Å²) in [5, 5.41) is 11.1. The number of benzene rings is 2. The Morgan fingerprint density at radius 1 is 1.16 bits per heavy atom. The molecule has 1 aliphatic heterocycles. The molecule has 156 valence electrons. The number of rotatable bonds is 3. The maximum atomic E-state index is 15.6. The second-order valence-electron chi connectivity index (χ2n) is 7.59. The van der Waals surface area contributed by atoms with Crippen LogP contribution in [0.15, 0.2) is 55.0 Å². The van der Waals surface area contributed by atoms with Gasteiger partial charge in [0.2, 0.25) is 0 Å². The molecule has 5 rings (SSSR count). The Balaban J connectivity index is 1.55. The number of aliphatic hydroxyl groups is 1. The number of nitrogens with two attached hydrogens (primary N) is 1. The third kappa shape index (κ3) is 2.95. The van der Waals surface area contributed by atoms with Crippen molar-refractivity contribution in [3.8, 4) is 11.1 Å². The second-order valence-corrected chi connectivity index (χ2v) is 7.59. The minimum Gasteiger partial charge on any atom is -0.383 e. The van der Waals surface area contributed by atoms with Crippen LogP contribution in [-0.4, -0.2) is 32.1 Å². The maximum absolute atomic E-state index is 15.6. The number of hydrogen-bond acceptors (Lipinski definition) is 5. The molecule has 0 aliphatic carbocycles. The molecular formula is C23H20FN5O2. The second kappa shape index (κ2) is 7.17. The highest BCUT2D eigenvalue weighted by Crippen LogP contribution is 2.40. The van der Waals surface area contributed by atoms with Crippen LogP contribution in [0.4, 0.5) is 15.9 Å². The number of nitrogens with zero attached hydrogens (tertiary/aromatic N) is 4. The lowest BCUT2D eigenvalue weighted by molar-refractivity contribution is -0.126. The minimum absolute atomic E-state index is 0.281. The van der Waals surface area contributed by atoms with Crippen LogP contribution in [0.3, 0.4) is 0 Å². The number of amides is 1. The summed E-state index contributed by atoms with van der Waals surface area (Å²) in [5.41, 5.74) is 9.07. The number of anilines is 2. The molecule has 4 aromatic rings. The fraction of sp³-hybridized carbons (Fsp3) is 0.174. The van der Waals surface area contributed by atoms with E-state index < -0.39 is 17.8 Å². The number of carbonyl (C=O) groups excluding carboxylic acids is 1. The van der Waals surface area contributed by atoms with Gasteiger partial charge in [-0.05, 0) is 24.1 Å². The number of halogens is 1. The first kappa shape index (κ1) is 19.2. The molecule has 1 amide bonds. The first-order chi connectivity index (χ1) is 15.0. The number of nitrogen functional groups attached to an aromatic ring is 1. The normalized spacial score (nSPS) is 14.1. The molecule has 0 saturated carbocycles. The van der Waals surface area contributed by atoms with Crippen LogP contribution in [0.1, 0.15) is 17.2 Å². The summed E-state index contributed by atoms with van der Waals surface area (Å²) in [6, 6.07) is 12.1. The molecule has 1 aliphatic rings. The Labute approximate surface area is 177 Å². The van der Waals surface area contributed by atoms with Gasteiger partial charge in [0.05, 0.1) is 5.39 Å². The molecule has 8 heteroatoms. The van der Waals surface area contributed by atoms with Crippen LogP contribution in [-0.2, 0) is 18.3 Å². The fourth-order valence-corrected chi connectivity index (χ4v) is 4.25. The van der Waals surface area contributed by atoms with Gasteiger partial charge in [0.1, 0.15) is 23.6 Å². The van der Waals surface area contributed by atoms with Crippen molar-refractivity contribution in [1.29, 1.82) is 0 Å². The lowest BCUT2D eigenvalue weighted by atomic mass is 10.0. The van der Waals surface area contributed by atoms with Gasteiger partial charge in [-0.3, -0.25) is 4.79 Å². The van der Waals surface area contributed by atoms with Crippen molar-refractivity contribution in [1.82, 2.24) is 14.5 Å². The topological polar surface area (TPSA) is 97.3 Å². The molecule has 0 bridgehead atoms. The van der Waals surface area contributed by atoms with Crippen molar-refractivity contribution in [3.63, 3.8) is 0 Å². The highest BCUT2D eigenvalue weighted by molar-refractivity contribution is 6.02. The van der Waals surface area contributed by atoms with Gasteiger partial charge in [-0.25, -0.2) is 14.4 Å². The summed E-state index contributed by atoms with van der Waals surface area (Å²) in [6.45, 7) is 0.305. The molecule has 2 aromatic heterocycles. The largest absolute Gasteiger partial charge is 0.383 e. The molecule has 7 nitrogen and oxygen atoms in total. The van der Waals surface area contributed by atoms with Gasteiger partial charge in [0.25, 0.3) is 5.91 Å². The Kier molecular flexibility index (Phi) is 4.44. The van der Waals surface area contributed by atoms with Gasteiger partial charge in [-0.1, -0.05) is 30.3 Å². The van der Waals surface area contributed by atoms with Gasteiger partial charge < -0.3 is 20.3 Å². The smallest absolute Gasteiger partial charge is 0.260 e. The van der Waals surface area contributed by atoms with Crippen molar-refractivity contribution in [2.24, 2.45) is 7.05 Å². The predicted octanol–water partition coefficient (Wildman–Crippen LogP) is 2.98. The molecule has 3 N–H and O–H groups in total. The van der Waals surface area contributed by atoms with E-state index in [0.29, 0.717) is 51.9 Å². The number of aryl methyl sites for hydroxylation is 1. The minimum atomic E-state index is -1.30. The van der Waals surface area contributed by atoms with Gasteiger partial charge in [-0.2, -0.15) is 0 Å². The lowest BCUT2D eigenvalue weighted by Gasteiger charge is -2.21. The van der Waals surface area contributed by atoms with Crippen LogP contribution in [0.2, 0.25) is 0 Å². The summed E-state index contributed by atoms with van der Waals surface area (Å²) in [5.74, 6) is -0.596. The molecule has 2 aromatic carbocycles. The first-order valence-corrected chi connectivity index (χ1v) is 9.89. The average molecular weight is 417 g/mol. The molecule has 31 heavy (non-hydrogen) atoms. The predicted molar refractivity (Wildman–Crippen MR) is 116 cm³/mol. The summed E-state index contributed by atoms with van der Waals surface area (Å²) in [4.78, 5) is 22.6. The van der Waals surface area contributed by atoms with Crippen molar-refractivity contribution in [2.75, 3.05) is 17.2 Å². The van der Waals surface area contributed by atoms with Crippen molar-refractivity contribution < 1.29 is 14.3 Å². The first-order valence-electron chi connectivity index (χ1n) is 9.89. The highest BCUT2D eigenvalue weighted by Gasteiger charge is 2.32. The third-order valence-corrected chi connectivity index (χ3v) is 5.78. The average Bonchev–Trinajstić information content (AvgIpc) is 3.36. The summed E-state index contributed by atoms with van der Waals surface area (Å²) in [7, 11) is 1.81. The number of fused-ring (bicyclic) bond motifs is 2. The SMILES string of the molecule is Cn1cc(-c2ccc3c(c2F)CCN3C(=O)[C@@H](O)c2ccccc2)c2c(N)ncnc21. The van der Waals surface area contributed by atoms with E-state index in [9.17, 15) is 9.90 Å². The fourth-order valence-electron chi connectivity index (χ4n) is 4.25. The van der Waals surface area contributed by atoms with E-state index in [-0.39, 0.29) is 5.82 Å². The number of carbonyl (C=O) groups is 1. The maximum Gasteiger partial charge on any atom is 0.260 e. The van der Waals surface area contributed by atoms with E-state index in [0.717, 1.165) is 0 Å². The molecule has 0 unspecified atom stereocenters. The van der Waals surface area contributed by atoms with Crippen LogP contribution in [0.25, 0.3) is 22.2 Å². The van der Waals surface area contributed by atoms with E-state index in [2.05, 4.69) is 9.97 Å². The zero-order chi connectivity index (χ0) is 21.7. The van der Waals surface area contributed by atoms with Crippen LogP contribution in [0, 0.1) is 5.82 Å². The number of hydrogen-bond donors (Lipinski definition) is 2. The van der Waals surface area contributed by atoms with Crippen molar-refractivity contribution in [3.05, 3.63) is 71.9 Å². The Morgan fingerprint density at radius 2 is 1.94 bits per heavy atom. The van der Waals surface area contributed by atoms with E-state index in [1.54, 1.807) is 47.2 Å². The third-order valence-electron chi connectivity index (χ3n) is 5.78. The Hall–Kier alpha value is -3.78. The van der Waals surface area contributed by atoms with Gasteiger partial charge in [-0.15, -0.1) is 0 Å². The number of aromatic nitrogens is 3. The molecule has 3 heterocycles. The summed E-state index contributed by atoms with van der Waals surface area (Å²) >= 11 is 0. The number of aliphatic hydroxyl groups excluding tert-OH is 1. The van der Waals surface area contributed by atoms with E-state index >= 15 is 4.39 Å². The standard InChI is InChI=1S/C23H20FN5O2/c1-28-11-16(18-21(25)26-12-27-22(18)28)14-7-8-17-15(19(14)24)9-10-29(17)23(31)20(30)13-5-3-2-4-6-13/h2-8,11-12,20,30H,9-10H2,1H3,(H2,25,26,27)/t20-/m0/s1. The van der Waals surface area contributed by atoms with Crippen molar-refractivity contribution in [2.45, 2.75) is 12.5 Å². The van der Waals surface area contributed by atoms with Gasteiger partial charge >= 0.3 is 0 Å². The van der Waals surface area contributed by atoms with E-state index in [1.807, 2.05) is 13.1 Å².